The summed E-state index contributed by atoms with van der Waals surface area (Å²) in [5.41, 5.74) is -1.07. The van der Waals surface area contributed by atoms with Crippen LogP contribution in [-0.2, 0) is 4.74 Å². The average molecular weight is 462 g/mol. The second-order valence-corrected chi connectivity index (χ2v) is 7.59. The molecule has 1 fully saturated rings. The highest BCUT2D eigenvalue weighted by Crippen LogP contribution is 2.43. The van der Waals surface area contributed by atoms with Gasteiger partial charge < -0.3 is 49.3 Å². The Balaban J connectivity index is 1.95. The third-order valence-electron chi connectivity index (χ3n) is 5.43. The zero-order valence-corrected chi connectivity index (χ0v) is 17.5. The summed E-state index contributed by atoms with van der Waals surface area (Å²) in [7, 11) is 1.25. The van der Waals surface area contributed by atoms with Crippen LogP contribution in [0.2, 0.25) is 0 Å². The number of aliphatic hydroxyl groups is 3. The number of ether oxygens (including phenoxy) is 3. The number of aliphatic hydroxyl groups excluding tert-OH is 3. The highest BCUT2D eigenvalue weighted by atomic mass is 16.7. The van der Waals surface area contributed by atoms with E-state index >= 15 is 0 Å². The number of aromatic hydroxyl groups is 3. The second kappa shape index (κ2) is 8.45. The van der Waals surface area contributed by atoms with Crippen molar-refractivity contribution in [2.24, 2.45) is 0 Å². The first-order valence-corrected chi connectivity index (χ1v) is 9.89. The Morgan fingerprint density at radius 2 is 1.64 bits per heavy atom. The van der Waals surface area contributed by atoms with Crippen molar-refractivity contribution in [3.8, 4) is 40.1 Å². The van der Waals surface area contributed by atoms with Gasteiger partial charge in [-0.15, -0.1) is 0 Å². The third kappa shape index (κ3) is 3.80. The first-order chi connectivity index (χ1) is 15.6. The molecule has 6 N–H and O–H groups in total. The van der Waals surface area contributed by atoms with E-state index in [4.69, 9.17) is 18.6 Å². The van der Waals surface area contributed by atoms with Crippen LogP contribution in [0.4, 0.5) is 0 Å². The first-order valence-electron chi connectivity index (χ1n) is 9.89. The maximum atomic E-state index is 13.4. The summed E-state index contributed by atoms with van der Waals surface area (Å²) in [6.45, 7) is 1.44. The van der Waals surface area contributed by atoms with Gasteiger partial charge in [-0.25, -0.2) is 0 Å². The molecule has 2 heterocycles. The molecule has 2 aromatic carbocycles. The lowest BCUT2D eigenvalue weighted by molar-refractivity contribution is -0.268. The van der Waals surface area contributed by atoms with Gasteiger partial charge in [0.1, 0.15) is 35.2 Å². The van der Waals surface area contributed by atoms with Crippen molar-refractivity contribution >= 4 is 11.0 Å². The van der Waals surface area contributed by atoms with Crippen LogP contribution in [-0.4, -0.2) is 68.5 Å². The summed E-state index contributed by atoms with van der Waals surface area (Å²) in [5, 5.41) is 60.4. The molecular formula is C22H22O11. The molecule has 1 aromatic heterocycles. The van der Waals surface area contributed by atoms with E-state index in [0.29, 0.717) is 0 Å². The number of methoxy groups -OCH3 is 1. The fourth-order valence-corrected chi connectivity index (χ4v) is 3.59. The molecule has 0 saturated carbocycles. The lowest BCUT2D eigenvalue weighted by atomic mass is 10.00. The normalized spacial score (nSPS) is 25.2. The van der Waals surface area contributed by atoms with Crippen LogP contribution in [0.3, 0.4) is 0 Å². The minimum Gasteiger partial charge on any atom is -0.508 e. The average Bonchev–Trinajstić information content (AvgIpc) is 2.79. The Labute approximate surface area is 186 Å². The van der Waals surface area contributed by atoms with Crippen LogP contribution >= 0.6 is 0 Å². The molecule has 5 atom stereocenters. The van der Waals surface area contributed by atoms with E-state index in [2.05, 4.69) is 0 Å². The van der Waals surface area contributed by atoms with Crippen LogP contribution in [0, 0.1) is 0 Å². The van der Waals surface area contributed by atoms with Crippen molar-refractivity contribution in [3.05, 3.63) is 40.6 Å². The van der Waals surface area contributed by atoms with Crippen LogP contribution < -0.4 is 14.9 Å². The molecule has 0 radical (unpaired) electrons. The lowest BCUT2D eigenvalue weighted by Crippen LogP contribution is -2.58. The van der Waals surface area contributed by atoms with Crippen molar-refractivity contribution in [1.29, 1.82) is 0 Å². The quantitative estimate of drug-likeness (QED) is 0.302. The van der Waals surface area contributed by atoms with Crippen molar-refractivity contribution in [2.45, 2.75) is 37.6 Å². The van der Waals surface area contributed by atoms with Crippen LogP contribution in [0.15, 0.2) is 39.5 Å². The molecule has 176 valence electrons. The molecule has 3 aromatic rings. The predicted molar refractivity (Wildman–Crippen MR) is 112 cm³/mol. The molecule has 11 heteroatoms. The Morgan fingerprint density at radius 1 is 0.970 bits per heavy atom. The van der Waals surface area contributed by atoms with E-state index in [0.717, 1.165) is 6.07 Å². The summed E-state index contributed by atoms with van der Waals surface area (Å²) in [6, 6.07) is 6.47. The van der Waals surface area contributed by atoms with Gasteiger partial charge >= 0.3 is 0 Å². The fourth-order valence-electron chi connectivity index (χ4n) is 3.59. The van der Waals surface area contributed by atoms with Gasteiger partial charge in [-0.1, -0.05) is 0 Å². The number of phenolic OH excluding ortho intramolecular Hbond substituents is 3. The van der Waals surface area contributed by atoms with Gasteiger partial charge in [-0.05, 0) is 31.2 Å². The van der Waals surface area contributed by atoms with E-state index in [1.165, 1.54) is 38.3 Å². The standard InChI is InChI=1S/C22H22O11/c1-8-14(25)17(28)18(29)22(31-8)33-21-16(27)13-11(24)7-12(30-2)15(26)20(13)32-19(21)9-3-5-10(23)6-4-9/h3-8,14,17-18,22-26,28-29H,1-2H3/t8-,14+,17-,18-,22+/m1/s1. The zero-order valence-electron chi connectivity index (χ0n) is 17.5. The minimum absolute atomic E-state index is 0.0662. The van der Waals surface area contributed by atoms with E-state index in [1.54, 1.807) is 0 Å². The van der Waals surface area contributed by atoms with Crippen molar-refractivity contribution in [3.63, 3.8) is 0 Å². The van der Waals surface area contributed by atoms with Gasteiger partial charge in [0, 0.05) is 11.6 Å². The van der Waals surface area contributed by atoms with E-state index in [-0.39, 0.29) is 28.4 Å². The van der Waals surface area contributed by atoms with Crippen molar-refractivity contribution in [1.82, 2.24) is 0 Å². The maximum Gasteiger partial charge on any atom is 0.239 e. The molecule has 11 nitrogen and oxygen atoms in total. The maximum absolute atomic E-state index is 13.4. The number of fused-ring (bicyclic) bond motifs is 1. The van der Waals surface area contributed by atoms with Gasteiger partial charge in [-0.3, -0.25) is 4.79 Å². The van der Waals surface area contributed by atoms with E-state index in [9.17, 15) is 35.4 Å². The van der Waals surface area contributed by atoms with E-state index in [1.807, 2.05) is 0 Å². The van der Waals surface area contributed by atoms with Crippen LogP contribution in [0.25, 0.3) is 22.3 Å². The Hall–Kier alpha value is -3.51. The van der Waals surface area contributed by atoms with Gasteiger partial charge in [0.25, 0.3) is 0 Å². The predicted octanol–water partition coefficient (Wildman–Crippen LogP) is 0.792. The molecular weight excluding hydrogens is 440 g/mol. The Kier molecular flexibility index (Phi) is 5.80. The van der Waals surface area contributed by atoms with Crippen molar-refractivity contribution < 1.29 is 49.3 Å². The number of rotatable bonds is 4. The summed E-state index contributed by atoms with van der Waals surface area (Å²) in [6.07, 6.45) is -7.26. The molecule has 0 aliphatic carbocycles. The number of hydrogen-bond donors (Lipinski definition) is 6. The SMILES string of the molecule is COc1cc(O)c2c(=O)c(O[C@@H]3O[C@H](C)[C@H](O)[C@@H](O)[C@H]3O)c(-c3ccc(O)cc3)oc2c1O. The molecule has 0 unspecified atom stereocenters. The summed E-state index contributed by atoms with van der Waals surface area (Å²) < 4.78 is 21.8. The van der Waals surface area contributed by atoms with Crippen LogP contribution in [0.5, 0.6) is 28.7 Å². The highest BCUT2D eigenvalue weighted by Gasteiger charge is 2.44. The third-order valence-corrected chi connectivity index (χ3v) is 5.43. The lowest BCUT2D eigenvalue weighted by Gasteiger charge is -2.38. The molecule has 0 bridgehead atoms. The minimum atomic E-state index is -1.73. The topological polar surface area (TPSA) is 179 Å². The van der Waals surface area contributed by atoms with Gasteiger partial charge in [0.15, 0.2) is 17.1 Å². The second-order valence-electron chi connectivity index (χ2n) is 7.59. The zero-order chi connectivity index (χ0) is 24.0. The fraction of sp³-hybridized carbons (Fsp3) is 0.318. The van der Waals surface area contributed by atoms with Gasteiger partial charge in [0.2, 0.25) is 23.2 Å². The number of benzene rings is 2. The molecule has 1 aliphatic heterocycles. The largest absolute Gasteiger partial charge is 0.508 e. The Morgan fingerprint density at radius 3 is 2.27 bits per heavy atom. The van der Waals surface area contributed by atoms with Crippen LogP contribution in [0.1, 0.15) is 6.92 Å². The number of hydrogen-bond acceptors (Lipinski definition) is 11. The molecule has 33 heavy (non-hydrogen) atoms. The summed E-state index contributed by atoms with van der Waals surface area (Å²) in [5.74, 6) is -2.05. The molecule has 4 rings (SSSR count). The Bertz CT molecular complexity index is 1230. The first kappa shape index (κ1) is 22.7. The van der Waals surface area contributed by atoms with Gasteiger partial charge in [-0.2, -0.15) is 0 Å². The highest BCUT2D eigenvalue weighted by molar-refractivity contribution is 5.93. The molecule has 0 amide bonds. The monoisotopic (exact) mass is 462 g/mol. The number of phenols is 3. The van der Waals surface area contributed by atoms with Crippen molar-refractivity contribution in [2.75, 3.05) is 7.11 Å². The van der Waals surface area contributed by atoms with E-state index < -0.39 is 58.8 Å². The molecule has 1 saturated heterocycles. The molecule has 0 spiro atoms. The molecule has 1 aliphatic rings. The smallest absolute Gasteiger partial charge is 0.239 e. The summed E-state index contributed by atoms with van der Waals surface area (Å²) in [4.78, 5) is 13.4. The van der Waals surface area contributed by atoms with Gasteiger partial charge in [0.05, 0.1) is 13.2 Å². The summed E-state index contributed by atoms with van der Waals surface area (Å²) >= 11 is 0.